The number of benzene rings is 1. The van der Waals surface area contributed by atoms with Crippen molar-refractivity contribution in [2.45, 2.75) is 46.0 Å². The Hall–Kier alpha value is -2.04. The third-order valence-corrected chi connectivity index (χ3v) is 4.03. The maximum Gasteiger partial charge on any atom is 0.338 e. The van der Waals surface area contributed by atoms with E-state index < -0.39 is 5.97 Å². The smallest absolute Gasteiger partial charge is 0.338 e. The van der Waals surface area contributed by atoms with Gasteiger partial charge >= 0.3 is 5.97 Å². The van der Waals surface area contributed by atoms with Crippen LogP contribution in [0.2, 0.25) is 0 Å². The van der Waals surface area contributed by atoms with Crippen LogP contribution < -0.4 is 10.1 Å². The molecule has 1 saturated carbocycles. The number of ether oxygens (including phenoxy) is 2. The average Bonchev–Trinajstić information content (AvgIpc) is 2.57. The quantitative estimate of drug-likeness (QED) is 0.810. The third-order valence-electron chi connectivity index (χ3n) is 4.03. The van der Waals surface area contributed by atoms with E-state index in [1.165, 1.54) is 6.42 Å². The van der Waals surface area contributed by atoms with E-state index in [1.54, 1.807) is 25.1 Å². The van der Waals surface area contributed by atoms with Gasteiger partial charge in [0.2, 0.25) is 5.91 Å². The van der Waals surface area contributed by atoms with E-state index >= 15 is 0 Å². The van der Waals surface area contributed by atoms with Gasteiger partial charge in [-0.3, -0.25) is 4.79 Å². The molecule has 23 heavy (non-hydrogen) atoms. The molecule has 0 radical (unpaired) electrons. The molecule has 2 rings (SSSR count). The van der Waals surface area contributed by atoms with Gasteiger partial charge < -0.3 is 14.8 Å². The molecular formula is C18H25NO4. The first-order chi connectivity index (χ1) is 11.2. The first-order valence-corrected chi connectivity index (χ1v) is 8.40. The van der Waals surface area contributed by atoms with Crippen LogP contribution in [0.1, 0.15) is 56.3 Å². The van der Waals surface area contributed by atoms with Gasteiger partial charge in [0.05, 0.1) is 24.5 Å². The van der Waals surface area contributed by atoms with E-state index in [1.807, 2.05) is 6.92 Å². The molecular weight excluding hydrogens is 294 g/mol. The fourth-order valence-corrected chi connectivity index (χ4v) is 2.84. The number of nitrogens with one attached hydrogen (secondary N) is 1. The Balaban J connectivity index is 2.13. The topological polar surface area (TPSA) is 64.6 Å². The van der Waals surface area contributed by atoms with Crippen LogP contribution in [-0.4, -0.2) is 25.1 Å². The lowest BCUT2D eigenvalue weighted by Crippen LogP contribution is -2.25. The predicted octanol–water partition coefficient (Wildman–Crippen LogP) is 3.78. The maximum atomic E-state index is 12.4. The van der Waals surface area contributed by atoms with Gasteiger partial charge in [0.1, 0.15) is 5.75 Å². The lowest BCUT2D eigenvalue weighted by molar-refractivity contribution is -0.120. The molecule has 5 heteroatoms. The molecule has 1 N–H and O–H groups in total. The highest BCUT2D eigenvalue weighted by Crippen LogP contribution is 2.29. The molecule has 1 amide bonds. The molecule has 1 aliphatic carbocycles. The monoisotopic (exact) mass is 319 g/mol. The maximum absolute atomic E-state index is 12.4. The molecule has 0 heterocycles. The van der Waals surface area contributed by atoms with E-state index in [2.05, 4.69) is 5.32 Å². The van der Waals surface area contributed by atoms with Crippen LogP contribution in [-0.2, 0) is 9.53 Å². The molecule has 1 fully saturated rings. The second-order valence-electron chi connectivity index (χ2n) is 5.69. The number of esters is 1. The van der Waals surface area contributed by atoms with Crippen molar-refractivity contribution in [3.8, 4) is 5.75 Å². The zero-order chi connectivity index (χ0) is 16.7. The Kier molecular flexibility index (Phi) is 6.44. The number of rotatable bonds is 6. The molecule has 1 aromatic rings. The molecule has 0 unspecified atom stereocenters. The van der Waals surface area contributed by atoms with E-state index in [-0.39, 0.29) is 11.8 Å². The lowest BCUT2D eigenvalue weighted by atomic mass is 9.88. The zero-order valence-electron chi connectivity index (χ0n) is 13.9. The third kappa shape index (κ3) is 4.71. The highest BCUT2D eigenvalue weighted by Gasteiger charge is 2.22. The fraction of sp³-hybridized carbons (Fsp3) is 0.556. The lowest BCUT2D eigenvalue weighted by Gasteiger charge is -2.21. The molecule has 5 nitrogen and oxygen atoms in total. The van der Waals surface area contributed by atoms with Crippen molar-refractivity contribution < 1.29 is 19.1 Å². The Labute approximate surface area is 137 Å². The van der Waals surface area contributed by atoms with Crippen molar-refractivity contribution in [3.63, 3.8) is 0 Å². The van der Waals surface area contributed by atoms with Crippen molar-refractivity contribution in [1.29, 1.82) is 0 Å². The van der Waals surface area contributed by atoms with Gasteiger partial charge in [0, 0.05) is 5.92 Å². The normalized spacial score (nSPS) is 15.0. The second-order valence-corrected chi connectivity index (χ2v) is 5.69. The van der Waals surface area contributed by atoms with E-state index in [0.29, 0.717) is 30.2 Å². The summed E-state index contributed by atoms with van der Waals surface area (Å²) in [7, 11) is 0. The van der Waals surface area contributed by atoms with Crippen LogP contribution in [0.4, 0.5) is 5.69 Å². The number of hydrogen-bond acceptors (Lipinski definition) is 4. The van der Waals surface area contributed by atoms with Gasteiger partial charge in [-0.2, -0.15) is 0 Å². The summed E-state index contributed by atoms with van der Waals surface area (Å²) < 4.78 is 10.6. The van der Waals surface area contributed by atoms with Gasteiger partial charge in [-0.25, -0.2) is 4.79 Å². The molecule has 0 atom stereocenters. The van der Waals surface area contributed by atoms with Gasteiger partial charge in [0.25, 0.3) is 0 Å². The molecule has 0 saturated heterocycles. The van der Waals surface area contributed by atoms with E-state index in [4.69, 9.17) is 9.47 Å². The van der Waals surface area contributed by atoms with Gasteiger partial charge in [-0.1, -0.05) is 19.3 Å². The van der Waals surface area contributed by atoms with E-state index in [9.17, 15) is 9.59 Å². The summed E-state index contributed by atoms with van der Waals surface area (Å²) in [4.78, 5) is 24.2. The van der Waals surface area contributed by atoms with Gasteiger partial charge in [0.15, 0.2) is 0 Å². The van der Waals surface area contributed by atoms with Crippen LogP contribution in [0, 0.1) is 5.92 Å². The average molecular weight is 319 g/mol. The van der Waals surface area contributed by atoms with Crippen LogP contribution in [0.15, 0.2) is 18.2 Å². The second kappa shape index (κ2) is 8.56. The Bertz CT molecular complexity index is 550. The minimum atomic E-state index is -0.390. The number of hydrogen-bond donors (Lipinski definition) is 1. The summed E-state index contributed by atoms with van der Waals surface area (Å²) in [5.74, 6) is 0.221. The largest absolute Gasteiger partial charge is 0.492 e. The van der Waals surface area contributed by atoms with Gasteiger partial charge in [-0.05, 0) is 44.9 Å². The van der Waals surface area contributed by atoms with Crippen molar-refractivity contribution in [2.24, 2.45) is 5.92 Å². The zero-order valence-corrected chi connectivity index (χ0v) is 13.9. The SMILES string of the molecule is CCOC(=O)c1ccc(NC(=O)C2CCCCC2)c(OCC)c1. The van der Waals surface area contributed by atoms with Crippen molar-refractivity contribution in [2.75, 3.05) is 18.5 Å². The minimum absolute atomic E-state index is 0.0366. The predicted molar refractivity (Wildman–Crippen MR) is 88.8 cm³/mol. The number of amides is 1. The Morgan fingerprint density at radius 2 is 1.87 bits per heavy atom. The van der Waals surface area contributed by atoms with Crippen molar-refractivity contribution >= 4 is 17.6 Å². The molecule has 1 aliphatic rings. The summed E-state index contributed by atoms with van der Waals surface area (Å²) in [6, 6.07) is 4.98. The first-order valence-electron chi connectivity index (χ1n) is 8.40. The molecule has 126 valence electrons. The molecule has 0 bridgehead atoms. The number of carbonyl (C=O) groups excluding carboxylic acids is 2. The highest BCUT2D eigenvalue weighted by molar-refractivity contribution is 5.96. The standard InChI is InChI=1S/C18H25NO4/c1-3-22-16-12-14(18(21)23-4-2)10-11-15(16)19-17(20)13-8-6-5-7-9-13/h10-13H,3-9H2,1-2H3,(H,19,20). The summed E-state index contributed by atoms with van der Waals surface area (Å²) >= 11 is 0. The molecule has 1 aromatic carbocycles. The molecule has 0 aromatic heterocycles. The fourth-order valence-electron chi connectivity index (χ4n) is 2.84. The Morgan fingerprint density at radius 3 is 2.52 bits per heavy atom. The molecule has 0 aliphatic heterocycles. The van der Waals surface area contributed by atoms with Crippen molar-refractivity contribution in [1.82, 2.24) is 0 Å². The summed E-state index contributed by atoms with van der Waals surface area (Å²) in [6.45, 7) is 4.41. The minimum Gasteiger partial charge on any atom is -0.492 e. The van der Waals surface area contributed by atoms with Crippen LogP contribution in [0.25, 0.3) is 0 Å². The summed E-state index contributed by atoms with van der Waals surface area (Å²) in [5.41, 5.74) is 1.03. The van der Waals surface area contributed by atoms with Gasteiger partial charge in [-0.15, -0.1) is 0 Å². The first kappa shape index (κ1) is 17.3. The number of carbonyl (C=O) groups is 2. The Morgan fingerprint density at radius 1 is 1.13 bits per heavy atom. The van der Waals surface area contributed by atoms with Crippen molar-refractivity contribution in [3.05, 3.63) is 23.8 Å². The van der Waals surface area contributed by atoms with Crippen LogP contribution >= 0.6 is 0 Å². The van der Waals surface area contributed by atoms with Crippen LogP contribution in [0.3, 0.4) is 0 Å². The number of anilines is 1. The van der Waals surface area contributed by atoms with Crippen LogP contribution in [0.5, 0.6) is 5.75 Å². The molecule has 0 spiro atoms. The van der Waals surface area contributed by atoms with E-state index in [0.717, 1.165) is 25.7 Å². The summed E-state index contributed by atoms with van der Waals surface area (Å²) in [6.07, 6.45) is 5.31. The summed E-state index contributed by atoms with van der Waals surface area (Å²) in [5, 5.41) is 2.95. The highest BCUT2D eigenvalue weighted by atomic mass is 16.5.